The molecule has 1 aliphatic heterocycles. The summed E-state index contributed by atoms with van der Waals surface area (Å²) in [4.78, 5) is 36.4. The second-order valence-corrected chi connectivity index (χ2v) is 6.00. The first-order chi connectivity index (χ1) is 12.3. The molecule has 1 saturated heterocycles. The van der Waals surface area contributed by atoms with Gasteiger partial charge >= 0.3 is 0 Å². The van der Waals surface area contributed by atoms with Crippen molar-refractivity contribution in [3.05, 3.63) is 29.6 Å². The van der Waals surface area contributed by atoms with E-state index >= 15 is 0 Å². The summed E-state index contributed by atoms with van der Waals surface area (Å²) in [6.07, 6.45) is 1.14. The fourth-order valence-electron chi connectivity index (χ4n) is 2.63. The van der Waals surface area contributed by atoms with Crippen molar-refractivity contribution in [2.45, 2.75) is 12.8 Å². The number of hydrogen-bond acceptors (Lipinski definition) is 4. The predicted molar refractivity (Wildman–Crippen MR) is 86.3 cm³/mol. The highest BCUT2D eigenvalue weighted by Crippen LogP contribution is 2.19. The number of nitrogens with zero attached hydrogens (tertiary/aromatic N) is 1. The Labute approximate surface area is 147 Å². The van der Waals surface area contributed by atoms with Gasteiger partial charge in [-0.1, -0.05) is 0 Å². The summed E-state index contributed by atoms with van der Waals surface area (Å²) in [7, 11) is 0. The van der Waals surface area contributed by atoms with Crippen molar-refractivity contribution in [2.75, 3.05) is 31.5 Å². The van der Waals surface area contributed by atoms with Crippen LogP contribution in [0.15, 0.2) is 12.1 Å². The smallest absolute Gasteiger partial charge is 0.243 e. The van der Waals surface area contributed by atoms with Gasteiger partial charge in [-0.3, -0.25) is 19.3 Å². The number of rotatable bonds is 6. The lowest BCUT2D eigenvalue weighted by atomic mass is 9.96. The minimum atomic E-state index is -1.69. The normalized spacial score (nSPS) is 15.5. The summed E-state index contributed by atoms with van der Waals surface area (Å²) < 4.78 is 39.4. The van der Waals surface area contributed by atoms with Crippen LogP contribution in [-0.2, 0) is 14.4 Å². The number of likely N-dealkylation sites (tertiary alicyclic amines) is 1. The molecule has 0 aromatic heterocycles. The Hall–Kier alpha value is -2.62. The van der Waals surface area contributed by atoms with Gasteiger partial charge in [-0.2, -0.15) is 0 Å². The number of halogens is 3. The molecule has 1 aromatic carbocycles. The average molecular weight is 372 g/mol. The number of nitrogens with one attached hydrogen (secondary N) is 2. The van der Waals surface area contributed by atoms with Crippen molar-refractivity contribution in [2.24, 2.45) is 11.7 Å². The van der Waals surface area contributed by atoms with Crippen LogP contribution < -0.4 is 16.4 Å². The van der Waals surface area contributed by atoms with Crippen LogP contribution in [0.5, 0.6) is 0 Å². The van der Waals surface area contributed by atoms with E-state index in [9.17, 15) is 27.6 Å². The molecule has 142 valence electrons. The third-order valence-electron chi connectivity index (χ3n) is 4.11. The number of hydrogen-bond donors (Lipinski definition) is 3. The van der Waals surface area contributed by atoms with Crippen LogP contribution in [0.25, 0.3) is 0 Å². The molecule has 4 N–H and O–H groups in total. The lowest BCUT2D eigenvalue weighted by molar-refractivity contribution is -0.126. The summed E-state index contributed by atoms with van der Waals surface area (Å²) in [6, 6.07) is 1.57. The van der Waals surface area contributed by atoms with Crippen LogP contribution in [0.3, 0.4) is 0 Å². The summed E-state index contributed by atoms with van der Waals surface area (Å²) in [6.45, 7) is 0.661. The quantitative estimate of drug-likeness (QED) is 0.627. The largest absolute Gasteiger partial charge is 0.369 e. The molecule has 10 heteroatoms. The lowest BCUT2D eigenvalue weighted by Gasteiger charge is -2.29. The monoisotopic (exact) mass is 372 g/mol. The highest BCUT2D eigenvalue weighted by atomic mass is 19.2. The molecule has 3 amide bonds. The molecule has 1 aromatic rings. The van der Waals surface area contributed by atoms with Crippen molar-refractivity contribution >= 4 is 23.4 Å². The maximum Gasteiger partial charge on any atom is 0.243 e. The minimum Gasteiger partial charge on any atom is -0.369 e. The molecule has 7 nitrogen and oxygen atoms in total. The molecule has 0 atom stereocenters. The number of primary amides is 1. The molecule has 0 aliphatic carbocycles. The molecule has 0 radical (unpaired) electrons. The van der Waals surface area contributed by atoms with Crippen molar-refractivity contribution in [3.63, 3.8) is 0 Å². The van der Waals surface area contributed by atoms with E-state index < -0.39 is 41.5 Å². The Kier molecular flexibility index (Phi) is 6.56. The SMILES string of the molecule is NC(=O)C1CCN(CC(=O)NCC(=O)Nc2ccc(F)c(F)c2F)CC1. The number of anilines is 1. The van der Waals surface area contributed by atoms with Gasteiger partial charge in [0.05, 0.1) is 18.8 Å². The average Bonchev–Trinajstić information content (AvgIpc) is 2.61. The second-order valence-electron chi connectivity index (χ2n) is 6.00. The van der Waals surface area contributed by atoms with Crippen molar-refractivity contribution < 1.29 is 27.6 Å². The topological polar surface area (TPSA) is 105 Å². The van der Waals surface area contributed by atoms with E-state index in [4.69, 9.17) is 5.73 Å². The molecular weight excluding hydrogens is 353 g/mol. The van der Waals surface area contributed by atoms with Gasteiger partial charge in [0.1, 0.15) is 0 Å². The fourth-order valence-corrected chi connectivity index (χ4v) is 2.63. The number of piperidine rings is 1. The molecule has 0 unspecified atom stereocenters. The predicted octanol–water partition coefficient (Wildman–Crippen LogP) is 0.356. The maximum atomic E-state index is 13.5. The first-order valence-corrected chi connectivity index (χ1v) is 7.99. The van der Waals surface area contributed by atoms with E-state index in [1.54, 1.807) is 0 Å². The number of amides is 3. The summed E-state index contributed by atoms with van der Waals surface area (Å²) in [5.74, 6) is -6.32. The zero-order chi connectivity index (χ0) is 19.3. The number of nitrogens with two attached hydrogens (primary N) is 1. The van der Waals surface area contributed by atoms with Gasteiger partial charge in [0.15, 0.2) is 17.5 Å². The van der Waals surface area contributed by atoms with Gasteiger partial charge in [-0.15, -0.1) is 0 Å². The molecule has 2 rings (SSSR count). The van der Waals surface area contributed by atoms with Crippen LogP contribution in [-0.4, -0.2) is 48.8 Å². The van der Waals surface area contributed by atoms with Crippen LogP contribution >= 0.6 is 0 Å². The van der Waals surface area contributed by atoms with E-state index in [0.29, 0.717) is 32.0 Å². The Morgan fingerprint density at radius 2 is 1.73 bits per heavy atom. The number of carbonyl (C=O) groups excluding carboxylic acids is 3. The molecule has 1 heterocycles. The third-order valence-corrected chi connectivity index (χ3v) is 4.11. The van der Waals surface area contributed by atoms with Gasteiger partial charge in [0.2, 0.25) is 17.7 Å². The molecule has 0 saturated carbocycles. The second kappa shape index (κ2) is 8.65. The summed E-state index contributed by atoms with van der Waals surface area (Å²) in [5, 5.41) is 4.41. The molecule has 0 bridgehead atoms. The van der Waals surface area contributed by atoms with Gasteiger partial charge in [0.25, 0.3) is 0 Å². The molecule has 26 heavy (non-hydrogen) atoms. The van der Waals surface area contributed by atoms with Crippen molar-refractivity contribution in [1.82, 2.24) is 10.2 Å². The Morgan fingerprint density at radius 3 is 2.35 bits per heavy atom. The van der Waals surface area contributed by atoms with Crippen LogP contribution in [0, 0.1) is 23.4 Å². The molecule has 1 aliphatic rings. The van der Waals surface area contributed by atoms with E-state index in [1.165, 1.54) is 0 Å². The summed E-state index contributed by atoms with van der Waals surface area (Å²) in [5.41, 5.74) is 4.72. The van der Waals surface area contributed by atoms with Gasteiger partial charge < -0.3 is 16.4 Å². The Balaban J connectivity index is 1.75. The Morgan fingerprint density at radius 1 is 1.08 bits per heavy atom. The lowest BCUT2D eigenvalue weighted by Crippen LogP contribution is -2.44. The Bertz CT molecular complexity index is 706. The zero-order valence-electron chi connectivity index (χ0n) is 13.9. The van der Waals surface area contributed by atoms with Crippen molar-refractivity contribution in [1.29, 1.82) is 0 Å². The standard InChI is InChI=1S/C16H19F3N4O3/c17-10-1-2-11(15(19)14(10)18)22-12(24)7-21-13(25)8-23-5-3-9(4-6-23)16(20)26/h1-2,9H,3-8H2,(H2,20,26)(H,21,25)(H,22,24). The van der Waals surface area contributed by atoms with E-state index in [0.717, 1.165) is 6.07 Å². The van der Waals surface area contributed by atoms with Crippen LogP contribution in [0.1, 0.15) is 12.8 Å². The molecule has 0 spiro atoms. The van der Waals surface area contributed by atoms with Gasteiger partial charge in [0, 0.05) is 5.92 Å². The highest BCUT2D eigenvalue weighted by molar-refractivity contribution is 5.94. The van der Waals surface area contributed by atoms with E-state index in [2.05, 4.69) is 10.6 Å². The van der Waals surface area contributed by atoms with Crippen molar-refractivity contribution in [3.8, 4) is 0 Å². The fraction of sp³-hybridized carbons (Fsp3) is 0.438. The minimum absolute atomic E-state index is 0.0400. The van der Waals surface area contributed by atoms with E-state index in [1.807, 2.05) is 4.90 Å². The first kappa shape index (κ1) is 19.7. The number of benzene rings is 1. The maximum absolute atomic E-state index is 13.5. The zero-order valence-corrected chi connectivity index (χ0v) is 13.9. The number of carbonyl (C=O) groups is 3. The highest BCUT2D eigenvalue weighted by Gasteiger charge is 2.24. The van der Waals surface area contributed by atoms with E-state index in [-0.39, 0.29) is 18.4 Å². The first-order valence-electron chi connectivity index (χ1n) is 7.99. The van der Waals surface area contributed by atoms with Gasteiger partial charge in [-0.05, 0) is 38.1 Å². The molecular formula is C16H19F3N4O3. The van der Waals surface area contributed by atoms with Crippen LogP contribution in [0.2, 0.25) is 0 Å². The third kappa shape index (κ3) is 5.19. The van der Waals surface area contributed by atoms with Crippen LogP contribution in [0.4, 0.5) is 18.9 Å². The summed E-state index contributed by atoms with van der Waals surface area (Å²) >= 11 is 0. The van der Waals surface area contributed by atoms with Gasteiger partial charge in [-0.25, -0.2) is 13.2 Å². The molecule has 1 fully saturated rings.